The van der Waals surface area contributed by atoms with Crippen LogP contribution in [0.3, 0.4) is 0 Å². The van der Waals surface area contributed by atoms with Gasteiger partial charge in [0.05, 0.1) is 0 Å². The molecule has 1 nitrogen and oxygen atoms in total. The SMILES string of the molecule is Cc1cc(C)c(C(C)Nc2ccsc2)c(C)c1. The molecule has 0 aliphatic heterocycles. The summed E-state index contributed by atoms with van der Waals surface area (Å²) in [4.78, 5) is 0. The number of thiophene rings is 1. The van der Waals surface area contributed by atoms with Crippen molar-refractivity contribution in [3.05, 3.63) is 51.2 Å². The predicted molar refractivity (Wildman–Crippen MR) is 77.0 cm³/mol. The van der Waals surface area contributed by atoms with Crippen molar-refractivity contribution in [2.75, 3.05) is 5.32 Å². The maximum absolute atomic E-state index is 3.55. The highest BCUT2D eigenvalue weighted by Crippen LogP contribution is 2.27. The number of hydrogen-bond donors (Lipinski definition) is 1. The van der Waals surface area contributed by atoms with Gasteiger partial charge in [-0.1, -0.05) is 17.7 Å². The van der Waals surface area contributed by atoms with Crippen molar-refractivity contribution in [2.24, 2.45) is 0 Å². The molecule has 1 aromatic carbocycles. The molecule has 1 heterocycles. The Morgan fingerprint density at radius 2 is 1.76 bits per heavy atom. The summed E-state index contributed by atoms with van der Waals surface area (Å²) in [5.74, 6) is 0. The molecule has 0 bridgehead atoms. The van der Waals surface area contributed by atoms with Gasteiger partial charge in [-0.3, -0.25) is 0 Å². The van der Waals surface area contributed by atoms with Gasteiger partial charge in [0, 0.05) is 17.1 Å². The van der Waals surface area contributed by atoms with Crippen LogP contribution in [0.25, 0.3) is 0 Å². The fourth-order valence-electron chi connectivity index (χ4n) is 2.54. The van der Waals surface area contributed by atoms with Crippen LogP contribution < -0.4 is 5.32 Å². The van der Waals surface area contributed by atoms with Gasteiger partial charge in [-0.25, -0.2) is 0 Å². The first-order valence-corrected chi connectivity index (χ1v) is 6.88. The van der Waals surface area contributed by atoms with Crippen molar-refractivity contribution < 1.29 is 0 Å². The average Bonchev–Trinajstić information content (AvgIpc) is 2.68. The fourth-order valence-corrected chi connectivity index (χ4v) is 3.14. The molecular weight excluding hydrogens is 226 g/mol. The first-order chi connectivity index (χ1) is 8.08. The van der Waals surface area contributed by atoms with Gasteiger partial charge in [-0.05, 0) is 55.8 Å². The zero-order valence-corrected chi connectivity index (χ0v) is 11.7. The Morgan fingerprint density at radius 3 is 2.29 bits per heavy atom. The van der Waals surface area contributed by atoms with E-state index < -0.39 is 0 Å². The zero-order chi connectivity index (χ0) is 12.4. The number of benzene rings is 1. The zero-order valence-electron chi connectivity index (χ0n) is 10.9. The summed E-state index contributed by atoms with van der Waals surface area (Å²) in [6, 6.07) is 6.99. The Labute approximate surface area is 108 Å². The Balaban J connectivity index is 2.27. The molecule has 1 N–H and O–H groups in total. The lowest BCUT2D eigenvalue weighted by atomic mass is 9.95. The molecule has 0 saturated carbocycles. The van der Waals surface area contributed by atoms with Crippen LogP contribution in [0, 0.1) is 20.8 Å². The quantitative estimate of drug-likeness (QED) is 0.815. The van der Waals surface area contributed by atoms with Crippen molar-refractivity contribution in [1.82, 2.24) is 0 Å². The molecule has 0 aliphatic rings. The maximum atomic E-state index is 3.55. The van der Waals surface area contributed by atoms with Gasteiger partial charge in [-0.15, -0.1) is 0 Å². The minimum atomic E-state index is 0.352. The Kier molecular flexibility index (Phi) is 3.53. The van der Waals surface area contributed by atoms with Crippen LogP contribution in [0.1, 0.15) is 35.2 Å². The van der Waals surface area contributed by atoms with E-state index in [-0.39, 0.29) is 0 Å². The van der Waals surface area contributed by atoms with E-state index in [2.05, 4.69) is 62.0 Å². The molecule has 0 radical (unpaired) electrons. The molecule has 0 spiro atoms. The van der Waals surface area contributed by atoms with E-state index in [4.69, 9.17) is 0 Å². The van der Waals surface area contributed by atoms with E-state index in [1.807, 2.05) is 0 Å². The second kappa shape index (κ2) is 4.92. The van der Waals surface area contributed by atoms with Gasteiger partial charge >= 0.3 is 0 Å². The monoisotopic (exact) mass is 245 g/mol. The summed E-state index contributed by atoms with van der Waals surface area (Å²) in [5, 5.41) is 7.80. The Hall–Kier alpha value is -1.28. The summed E-state index contributed by atoms with van der Waals surface area (Å²) in [7, 11) is 0. The minimum absolute atomic E-state index is 0.352. The highest BCUT2D eigenvalue weighted by Gasteiger charge is 2.11. The number of rotatable bonds is 3. The Morgan fingerprint density at radius 1 is 1.12 bits per heavy atom. The second-order valence-electron chi connectivity index (χ2n) is 4.69. The van der Waals surface area contributed by atoms with Gasteiger partial charge in [0.25, 0.3) is 0 Å². The standard InChI is InChI=1S/C15H19NS/c1-10-7-11(2)15(12(3)8-10)13(4)16-14-5-6-17-9-14/h5-9,13,16H,1-4H3. The van der Waals surface area contributed by atoms with Gasteiger partial charge in [0.1, 0.15) is 0 Å². The highest BCUT2D eigenvalue weighted by atomic mass is 32.1. The topological polar surface area (TPSA) is 12.0 Å². The van der Waals surface area contributed by atoms with Crippen LogP contribution in [0.5, 0.6) is 0 Å². The predicted octanol–water partition coefficient (Wildman–Crippen LogP) is 4.85. The van der Waals surface area contributed by atoms with Crippen molar-refractivity contribution in [1.29, 1.82) is 0 Å². The first-order valence-electron chi connectivity index (χ1n) is 5.94. The summed E-state index contributed by atoms with van der Waals surface area (Å²) in [5.41, 5.74) is 6.71. The highest BCUT2D eigenvalue weighted by molar-refractivity contribution is 7.08. The lowest BCUT2D eigenvalue weighted by Crippen LogP contribution is -2.09. The van der Waals surface area contributed by atoms with E-state index >= 15 is 0 Å². The lowest BCUT2D eigenvalue weighted by molar-refractivity contribution is 0.863. The van der Waals surface area contributed by atoms with Gasteiger partial charge in [0.2, 0.25) is 0 Å². The largest absolute Gasteiger partial charge is 0.378 e. The van der Waals surface area contributed by atoms with Crippen molar-refractivity contribution in [3.8, 4) is 0 Å². The third-order valence-corrected chi connectivity index (χ3v) is 3.76. The summed E-state index contributed by atoms with van der Waals surface area (Å²) < 4.78 is 0. The molecule has 1 atom stereocenters. The molecule has 1 aromatic heterocycles. The van der Waals surface area contributed by atoms with Crippen LogP contribution in [0.4, 0.5) is 5.69 Å². The van der Waals surface area contributed by atoms with Crippen molar-refractivity contribution in [2.45, 2.75) is 33.7 Å². The molecule has 90 valence electrons. The normalized spacial score (nSPS) is 12.5. The molecular formula is C15H19NS. The van der Waals surface area contributed by atoms with E-state index in [0.29, 0.717) is 6.04 Å². The second-order valence-corrected chi connectivity index (χ2v) is 5.47. The van der Waals surface area contributed by atoms with Crippen LogP contribution in [-0.2, 0) is 0 Å². The third kappa shape index (κ3) is 2.70. The van der Waals surface area contributed by atoms with Crippen LogP contribution in [0.2, 0.25) is 0 Å². The van der Waals surface area contributed by atoms with Crippen LogP contribution >= 0.6 is 11.3 Å². The average molecular weight is 245 g/mol. The van der Waals surface area contributed by atoms with Gasteiger partial charge < -0.3 is 5.32 Å². The maximum Gasteiger partial charge on any atom is 0.0491 e. The number of nitrogens with one attached hydrogen (secondary N) is 1. The Bertz CT molecular complexity index is 477. The summed E-state index contributed by atoms with van der Waals surface area (Å²) in [6.07, 6.45) is 0. The van der Waals surface area contributed by atoms with Crippen molar-refractivity contribution >= 4 is 17.0 Å². The molecule has 2 heteroatoms. The smallest absolute Gasteiger partial charge is 0.0491 e. The van der Waals surface area contributed by atoms with Crippen molar-refractivity contribution in [3.63, 3.8) is 0 Å². The number of anilines is 1. The first kappa shape index (κ1) is 12.2. The van der Waals surface area contributed by atoms with E-state index in [9.17, 15) is 0 Å². The molecule has 17 heavy (non-hydrogen) atoms. The van der Waals surface area contributed by atoms with Gasteiger partial charge in [0.15, 0.2) is 0 Å². The van der Waals surface area contributed by atoms with E-state index in [1.165, 1.54) is 27.9 Å². The molecule has 0 amide bonds. The molecule has 0 aliphatic carbocycles. The van der Waals surface area contributed by atoms with E-state index in [1.54, 1.807) is 11.3 Å². The lowest BCUT2D eigenvalue weighted by Gasteiger charge is -2.20. The van der Waals surface area contributed by atoms with Gasteiger partial charge in [-0.2, -0.15) is 11.3 Å². The minimum Gasteiger partial charge on any atom is -0.378 e. The molecule has 1 unspecified atom stereocenters. The fraction of sp³-hybridized carbons (Fsp3) is 0.333. The summed E-state index contributed by atoms with van der Waals surface area (Å²) >= 11 is 1.73. The van der Waals surface area contributed by atoms with Crippen LogP contribution in [-0.4, -0.2) is 0 Å². The van der Waals surface area contributed by atoms with Crippen LogP contribution in [0.15, 0.2) is 29.0 Å². The third-order valence-electron chi connectivity index (χ3n) is 3.08. The number of aryl methyl sites for hydroxylation is 3. The summed E-state index contributed by atoms with van der Waals surface area (Å²) in [6.45, 7) is 8.77. The molecule has 0 saturated heterocycles. The number of hydrogen-bond acceptors (Lipinski definition) is 2. The molecule has 0 fully saturated rings. The van der Waals surface area contributed by atoms with E-state index in [0.717, 1.165) is 0 Å². The molecule has 2 rings (SSSR count). The molecule has 2 aromatic rings.